The van der Waals surface area contributed by atoms with Gasteiger partial charge in [0.15, 0.2) is 0 Å². The maximum absolute atomic E-state index is 13.1. The van der Waals surface area contributed by atoms with Gasteiger partial charge >= 0.3 is 5.97 Å². The van der Waals surface area contributed by atoms with E-state index in [2.05, 4.69) is 0 Å². The molecule has 0 amide bonds. The van der Waals surface area contributed by atoms with Crippen LogP contribution < -0.4 is 4.90 Å². The standard InChI is InChI=1S/C13H16FNO2/c1-8-5-10(3-4-12(8)14)15(2)11-6-9(7-11)13(16)17/h3-5,9,11H,6-7H2,1-2H3,(H,16,17). The molecule has 1 fully saturated rings. The van der Waals surface area contributed by atoms with Gasteiger partial charge in [0.05, 0.1) is 5.92 Å². The first kappa shape index (κ1) is 11.9. The van der Waals surface area contributed by atoms with E-state index in [0.717, 1.165) is 5.69 Å². The van der Waals surface area contributed by atoms with E-state index < -0.39 is 5.97 Å². The minimum Gasteiger partial charge on any atom is -0.481 e. The lowest BCUT2D eigenvalue weighted by Gasteiger charge is -2.40. The molecule has 1 aromatic rings. The lowest BCUT2D eigenvalue weighted by atomic mass is 9.79. The monoisotopic (exact) mass is 237 g/mol. The van der Waals surface area contributed by atoms with Crippen LogP contribution in [-0.2, 0) is 4.79 Å². The Morgan fingerprint density at radius 2 is 2.12 bits per heavy atom. The van der Waals surface area contributed by atoms with Crippen LogP contribution in [0.15, 0.2) is 18.2 Å². The molecule has 0 radical (unpaired) electrons. The lowest BCUT2D eigenvalue weighted by molar-refractivity contribution is -0.145. The second kappa shape index (κ2) is 4.35. The first-order chi connectivity index (χ1) is 7.99. The molecule has 0 atom stereocenters. The van der Waals surface area contributed by atoms with Crippen molar-refractivity contribution >= 4 is 11.7 Å². The van der Waals surface area contributed by atoms with Gasteiger partial charge in [-0.25, -0.2) is 4.39 Å². The molecule has 1 aliphatic rings. The van der Waals surface area contributed by atoms with Crippen molar-refractivity contribution in [2.75, 3.05) is 11.9 Å². The topological polar surface area (TPSA) is 40.5 Å². The highest BCUT2D eigenvalue weighted by Gasteiger charge is 2.36. The van der Waals surface area contributed by atoms with Crippen LogP contribution in [0.25, 0.3) is 0 Å². The lowest BCUT2D eigenvalue weighted by Crippen LogP contribution is -2.45. The Kier molecular flexibility index (Phi) is 3.05. The summed E-state index contributed by atoms with van der Waals surface area (Å²) in [5.74, 6) is -1.15. The summed E-state index contributed by atoms with van der Waals surface area (Å²) in [5.41, 5.74) is 1.56. The van der Waals surface area contributed by atoms with E-state index >= 15 is 0 Å². The third kappa shape index (κ3) is 2.25. The molecule has 0 aromatic heterocycles. The zero-order valence-corrected chi connectivity index (χ0v) is 9.98. The van der Waals surface area contributed by atoms with Gasteiger partial charge in [0.2, 0.25) is 0 Å². The van der Waals surface area contributed by atoms with Crippen molar-refractivity contribution in [3.8, 4) is 0 Å². The molecule has 3 nitrogen and oxygen atoms in total. The van der Waals surface area contributed by atoms with E-state index in [4.69, 9.17) is 5.11 Å². The summed E-state index contributed by atoms with van der Waals surface area (Å²) in [7, 11) is 1.93. The molecule has 0 spiro atoms. The number of rotatable bonds is 3. The number of aryl methyl sites for hydroxylation is 1. The molecule has 0 heterocycles. The van der Waals surface area contributed by atoms with Crippen LogP contribution in [0.3, 0.4) is 0 Å². The number of carbonyl (C=O) groups is 1. The second-order valence-electron chi connectivity index (χ2n) is 4.70. The number of aliphatic carboxylic acids is 1. The predicted octanol–water partition coefficient (Wildman–Crippen LogP) is 2.43. The molecule has 4 heteroatoms. The Morgan fingerprint density at radius 3 is 2.65 bits per heavy atom. The number of carboxylic acids is 1. The summed E-state index contributed by atoms with van der Waals surface area (Å²) in [6.45, 7) is 1.73. The largest absolute Gasteiger partial charge is 0.481 e. The highest BCUT2D eigenvalue weighted by molar-refractivity contribution is 5.71. The average molecular weight is 237 g/mol. The molecule has 0 unspecified atom stereocenters. The van der Waals surface area contributed by atoms with Crippen LogP contribution in [0.2, 0.25) is 0 Å². The summed E-state index contributed by atoms with van der Waals surface area (Å²) in [6.07, 6.45) is 1.34. The zero-order valence-electron chi connectivity index (χ0n) is 9.98. The first-order valence-corrected chi connectivity index (χ1v) is 5.71. The molecule has 17 heavy (non-hydrogen) atoms. The summed E-state index contributed by atoms with van der Waals surface area (Å²) in [5, 5.41) is 8.82. The van der Waals surface area contributed by atoms with Crippen molar-refractivity contribution in [3.05, 3.63) is 29.6 Å². The number of halogens is 1. The first-order valence-electron chi connectivity index (χ1n) is 5.71. The second-order valence-corrected chi connectivity index (χ2v) is 4.70. The van der Waals surface area contributed by atoms with Gasteiger partial charge in [-0.05, 0) is 43.5 Å². The number of nitrogens with zero attached hydrogens (tertiary/aromatic N) is 1. The van der Waals surface area contributed by atoms with E-state index in [1.165, 1.54) is 6.07 Å². The highest BCUT2D eigenvalue weighted by Crippen LogP contribution is 2.34. The van der Waals surface area contributed by atoms with Gasteiger partial charge < -0.3 is 10.0 Å². The number of hydrogen-bond acceptors (Lipinski definition) is 2. The number of anilines is 1. The van der Waals surface area contributed by atoms with Crippen LogP contribution in [0.4, 0.5) is 10.1 Å². The summed E-state index contributed by atoms with van der Waals surface area (Å²) in [4.78, 5) is 12.8. The minimum absolute atomic E-state index is 0.209. The summed E-state index contributed by atoms with van der Waals surface area (Å²) >= 11 is 0. The van der Waals surface area contributed by atoms with Gasteiger partial charge in [-0.1, -0.05) is 0 Å². The molecular formula is C13H16FNO2. The smallest absolute Gasteiger partial charge is 0.306 e. The molecule has 2 rings (SSSR count). The molecule has 92 valence electrons. The molecule has 0 aliphatic heterocycles. The van der Waals surface area contributed by atoms with Crippen LogP contribution in [0.5, 0.6) is 0 Å². The molecular weight excluding hydrogens is 221 g/mol. The maximum Gasteiger partial charge on any atom is 0.306 e. The van der Waals surface area contributed by atoms with Crippen LogP contribution in [-0.4, -0.2) is 24.2 Å². The highest BCUT2D eigenvalue weighted by atomic mass is 19.1. The van der Waals surface area contributed by atoms with E-state index in [0.29, 0.717) is 18.4 Å². The summed E-state index contributed by atoms with van der Waals surface area (Å²) in [6, 6.07) is 5.23. The third-order valence-corrected chi connectivity index (χ3v) is 3.56. The Balaban J connectivity index is 2.03. The molecule has 1 aromatic carbocycles. The van der Waals surface area contributed by atoms with Crippen LogP contribution >= 0.6 is 0 Å². The Bertz CT molecular complexity index is 441. The fraction of sp³-hybridized carbons (Fsp3) is 0.462. The van der Waals surface area contributed by atoms with E-state index in [1.807, 2.05) is 11.9 Å². The van der Waals surface area contributed by atoms with Crippen molar-refractivity contribution < 1.29 is 14.3 Å². The van der Waals surface area contributed by atoms with Gasteiger partial charge in [0.25, 0.3) is 0 Å². The maximum atomic E-state index is 13.1. The van der Waals surface area contributed by atoms with Gasteiger partial charge in [-0.2, -0.15) is 0 Å². The van der Waals surface area contributed by atoms with Gasteiger partial charge in [0, 0.05) is 18.8 Å². The average Bonchev–Trinajstić information content (AvgIpc) is 2.19. The SMILES string of the molecule is Cc1cc(N(C)C2CC(C(=O)O)C2)ccc1F. The van der Waals surface area contributed by atoms with E-state index in [1.54, 1.807) is 19.1 Å². The van der Waals surface area contributed by atoms with Crippen molar-refractivity contribution in [1.82, 2.24) is 0 Å². The molecule has 0 bridgehead atoms. The molecule has 1 saturated carbocycles. The molecule has 0 saturated heterocycles. The van der Waals surface area contributed by atoms with Crippen LogP contribution in [0, 0.1) is 18.7 Å². The van der Waals surface area contributed by atoms with E-state index in [9.17, 15) is 9.18 Å². The van der Waals surface area contributed by atoms with Crippen molar-refractivity contribution in [2.24, 2.45) is 5.92 Å². The molecule has 1 N–H and O–H groups in total. The normalized spacial score (nSPS) is 23.0. The number of carboxylic acid groups (broad SMARTS) is 1. The van der Waals surface area contributed by atoms with Crippen molar-refractivity contribution in [1.29, 1.82) is 0 Å². The van der Waals surface area contributed by atoms with Gasteiger partial charge in [-0.3, -0.25) is 4.79 Å². The third-order valence-electron chi connectivity index (χ3n) is 3.56. The fourth-order valence-electron chi connectivity index (χ4n) is 2.16. The van der Waals surface area contributed by atoms with Gasteiger partial charge in [0.1, 0.15) is 5.82 Å². The number of benzene rings is 1. The van der Waals surface area contributed by atoms with Gasteiger partial charge in [-0.15, -0.1) is 0 Å². The zero-order chi connectivity index (χ0) is 12.6. The minimum atomic E-state index is -0.718. The quantitative estimate of drug-likeness (QED) is 0.877. The Labute approximate surface area is 99.9 Å². The summed E-state index contributed by atoms with van der Waals surface area (Å²) < 4.78 is 13.1. The van der Waals surface area contributed by atoms with Crippen molar-refractivity contribution in [3.63, 3.8) is 0 Å². The van der Waals surface area contributed by atoms with Crippen molar-refractivity contribution in [2.45, 2.75) is 25.8 Å². The fourth-order valence-corrected chi connectivity index (χ4v) is 2.16. The Morgan fingerprint density at radius 1 is 1.47 bits per heavy atom. The number of hydrogen-bond donors (Lipinski definition) is 1. The predicted molar refractivity (Wildman–Crippen MR) is 63.7 cm³/mol. The Hall–Kier alpha value is -1.58. The van der Waals surface area contributed by atoms with Crippen LogP contribution in [0.1, 0.15) is 18.4 Å². The molecule has 1 aliphatic carbocycles. The van der Waals surface area contributed by atoms with E-state index in [-0.39, 0.29) is 17.8 Å².